The average Bonchev–Trinajstić information content (AvgIpc) is 2.93. The molecule has 3 aromatic rings. The summed E-state index contributed by atoms with van der Waals surface area (Å²) in [6.07, 6.45) is 2.64. The number of nitrogens with one attached hydrogen (secondary N) is 2. The molecule has 0 saturated heterocycles. The zero-order chi connectivity index (χ0) is 26.6. The largest absolute Gasteiger partial charge is 0.497 e. The molecule has 5 rings (SSSR count). The molecule has 2 N–H and O–H groups in total. The molecule has 0 bridgehead atoms. The van der Waals surface area contributed by atoms with Gasteiger partial charge >= 0.3 is 0 Å². The lowest BCUT2D eigenvalue weighted by Gasteiger charge is -2.37. The van der Waals surface area contributed by atoms with Crippen molar-refractivity contribution in [2.45, 2.75) is 38.5 Å². The van der Waals surface area contributed by atoms with Crippen LogP contribution >= 0.6 is 0 Å². The second-order valence-corrected chi connectivity index (χ2v) is 9.43. The number of aromatic nitrogens is 1. The summed E-state index contributed by atoms with van der Waals surface area (Å²) in [5, 5.41) is 6.35. The van der Waals surface area contributed by atoms with Crippen LogP contribution in [0.3, 0.4) is 0 Å². The van der Waals surface area contributed by atoms with Gasteiger partial charge in [-0.15, -0.1) is 0 Å². The van der Waals surface area contributed by atoms with Crippen molar-refractivity contribution in [2.75, 3.05) is 19.0 Å². The van der Waals surface area contributed by atoms with Crippen LogP contribution in [0.15, 0.2) is 95.5 Å². The minimum absolute atomic E-state index is 0.0199. The zero-order valence-corrected chi connectivity index (χ0v) is 21.8. The predicted molar refractivity (Wildman–Crippen MR) is 146 cm³/mol. The number of methoxy groups -OCH3 is 1. The first-order valence-electron chi connectivity index (χ1n) is 12.8. The molecule has 1 aliphatic heterocycles. The van der Waals surface area contributed by atoms with Gasteiger partial charge in [0.05, 0.1) is 19.6 Å². The summed E-state index contributed by atoms with van der Waals surface area (Å²) in [6.45, 7) is 4.28. The molecule has 0 fully saturated rings. The number of allylic oxidation sites excluding steroid dienone is 3. The van der Waals surface area contributed by atoms with Crippen LogP contribution < -0.4 is 20.1 Å². The number of rotatable bonds is 7. The van der Waals surface area contributed by atoms with Crippen molar-refractivity contribution in [1.29, 1.82) is 0 Å². The summed E-state index contributed by atoms with van der Waals surface area (Å²) in [5.41, 5.74) is 4.54. The highest BCUT2D eigenvalue weighted by atomic mass is 16.5. The second kappa shape index (κ2) is 10.9. The molecule has 0 radical (unpaired) electrons. The molecule has 0 spiro atoms. The van der Waals surface area contributed by atoms with Crippen molar-refractivity contribution in [3.05, 3.63) is 107 Å². The third-order valence-electron chi connectivity index (χ3n) is 7.10. The van der Waals surface area contributed by atoms with E-state index >= 15 is 0 Å². The first-order valence-corrected chi connectivity index (χ1v) is 12.8. The third-order valence-corrected chi connectivity index (χ3v) is 7.10. The zero-order valence-electron chi connectivity index (χ0n) is 21.8. The van der Waals surface area contributed by atoms with E-state index in [0.717, 1.165) is 22.6 Å². The highest BCUT2D eigenvalue weighted by Crippen LogP contribution is 2.47. The number of carbonyl (C=O) groups excluding carboxylic acids is 2. The molecule has 1 aliphatic carbocycles. The summed E-state index contributed by atoms with van der Waals surface area (Å²) in [5.74, 6) is 1.06. The van der Waals surface area contributed by atoms with Gasteiger partial charge in [-0.3, -0.25) is 9.59 Å². The van der Waals surface area contributed by atoms with Crippen LogP contribution in [0.1, 0.15) is 49.7 Å². The molecule has 7 heteroatoms. The van der Waals surface area contributed by atoms with E-state index in [1.165, 1.54) is 0 Å². The lowest BCUT2D eigenvalue weighted by molar-refractivity contribution is -0.116. The van der Waals surface area contributed by atoms with Crippen molar-refractivity contribution in [2.24, 2.45) is 0 Å². The Morgan fingerprint density at radius 1 is 1.05 bits per heavy atom. The Hall–Kier alpha value is -4.39. The standard InChI is InChI=1S/C31H31N3O4/c1-4-38-26-10-6-5-9-23(26)29-28(31(36)34-27-11-7-8-16-32-27)19(2)33-24-17-21(18-25(35)30(24)29)20-12-14-22(37-3)15-13-20/h5-16,21,29,33H,4,17-18H2,1-3H3,(H,32,34,36). The minimum atomic E-state index is -0.568. The fraction of sp³-hybridized carbons (Fsp3) is 0.258. The molecule has 194 valence electrons. The molecule has 2 heterocycles. The quantitative estimate of drug-likeness (QED) is 0.438. The number of benzene rings is 2. The normalized spacial score (nSPS) is 19.0. The van der Waals surface area contributed by atoms with E-state index in [4.69, 9.17) is 9.47 Å². The Morgan fingerprint density at radius 2 is 1.82 bits per heavy atom. The third kappa shape index (κ3) is 4.92. The number of amides is 1. The lowest BCUT2D eigenvalue weighted by Crippen LogP contribution is -2.37. The number of anilines is 1. The number of Topliss-reactive ketones (excluding diaryl/α,β-unsaturated/α-hetero) is 1. The van der Waals surface area contributed by atoms with Gasteiger partial charge < -0.3 is 20.1 Å². The summed E-state index contributed by atoms with van der Waals surface area (Å²) < 4.78 is 11.3. The Morgan fingerprint density at radius 3 is 2.53 bits per heavy atom. The van der Waals surface area contributed by atoms with Gasteiger partial charge in [-0.1, -0.05) is 36.4 Å². The van der Waals surface area contributed by atoms with Crippen LogP contribution in [0.5, 0.6) is 11.5 Å². The Balaban J connectivity index is 1.58. The van der Waals surface area contributed by atoms with E-state index in [9.17, 15) is 9.59 Å². The molecule has 7 nitrogen and oxygen atoms in total. The molecule has 38 heavy (non-hydrogen) atoms. The van der Waals surface area contributed by atoms with Gasteiger partial charge in [0.1, 0.15) is 17.3 Å². The molecule has 2 aromatic carbocycles. The van der Waals surface area contributed by atoms with Crippen molar-refractivity contribution in [3.8, 4) is 11.5 Å². The molecule has 2 aliphatic rings. The van der Waals surface area contributed by atoms with Crippen LogP contribution in [0.4, 0.5) is 5.82 Å². The number of carbonyl (C=O) groups is 2. The number of pyridine rings is 1. The number of para-hydroxylation sites is 1. The maximum atomic E-state index is 13.9. The fourth-order valence-electron chi connectivity index (χ4n) is 5.39. The minimum Gasteiger partial charge on any atom is -0.497 e. The van der Waals surface area contributed by atoms with Gasteiger partial charge in [0.2, 0.25) is 0 Å². The van der Waals surface area contributed by atoms with Crippen LogP contribution in [0.25, 0.3) is 0 Å². The van der Waals surface area contributed by atoms with Crippen molar-refractivity contribution in [3.63, 3.8) is 0 Å². The molecule has 1 aromatic heterocycles. The predicted octanol–water partition coefficient (Wildman–Crippen LogP) is 5.49. The van der Waals surface area contributed by atoms with Crippen LogP contribution in [-0.4, -0.2) is 30.4 Å². The maximum absolute atomic E-state index is 13.9. The molecular weight excluding hydrogens is 478 g/mol. The van der Waals surface area contributed by atoms with Crippen LogP contribution in [-0.2, 0) is 9.59 Å². The number of dihydropyridines is 1. The van der Waals surface area contributed by atoms with E-state index in [1.54, 1.807) is 25.4 Å². The number of ether oxygens (including phenoxy) is 2. The highest BCUT2D eigenvalue weighted by molar-refractivity contribution is 6.09. The number of ketones is 1. The van der Waals surface area contributed by atoms with E-state index in [2.05, 4.69) is 15.6 Å². The Bertz CT molecular complexity index is 1410. The van der Waals surface area contributed by atoms with Crippen LogP contribution in [0, 0.1) is 0 Å². The van der Waals surface area contributed by atoms with Gasteiger partial charge in [0.25, 0.3) is 5.91 Å². The van der Waals surface area contributed by atoms with Gasteiger partial charge in [-0.2, -0.15) is 0 Å². The van der Waals surface area contributed by atoms with Gasteiger partial charge in [-0.25, -0.2) is 4.98 Å². The maximum Gasteiger partial charge on any atom is 0.255 e. The van der Waals surface area contributed by atoms with Crippen molar-refractivity contribution >= 4 is 17.5 Å². The summed E-state index contributed by atoms with van der Waals surface area (Å²) in [6, 6.07) is 20.9. The lowest BCUT2D eigenvalue weighted by atomic mass is 9.71. The highest BCUT2D eigenvalue weighted by Gasteiger charge is 2.42. The summed E-state index contributed by atoms with van der Waals surface area (Å²) >= 11 is 0. The fourth-order valence-corrected chi connectivity index (χ4v) is 5.39. The molecule has 2 atom stereocenters. The number of nitrogens with zero attached hydrogens (tertiary/aromatic N) is 1. The monoisotopic (exact) mass is 509 g/mol. The van der Waals surface area contributed by atoms with Crippen LogP contribution in [0.2, 0.25) is 0 Å². The summed E-state index contributed by atoms with van der Waals surface area (Å²) in [4.78, 5) is 31.9. The molecular formula is C31H31N3O4. The van der Waals surface area contributed by atoms with Gasteiger partial charge in [-0.05, 0) is 62.1 Å². The van der Waals surface area contributed by atoms with Crippen molar-refractivity contribution < 1.29 is 19.1 Å². The topological polar surface area (TPSA) is 89.5 Å². The molecule has 2 unspecified atom stereocenters. The second-order valence-electron chi connectivity index (χ2n) is 9.43. The number of hydrogen-bond donors (Lipinski definition) is 2. The molecule has 0 saturated carbocycles. The smallest absolute Gasteiger partial charge is 0.255 e. The van der Waals surface area contributed by atoms with Gasteiger partial charge in [0.15, 0.2) is 5.78 Å². The SMILES string of the molecule is CCOc1ccccc1C1C(C(=O)Nc2ccccn2)=C(C)NC2=C1C(=O)CC(c1ccc(OC)cc1)C2. The van der Waals surface area contributed by atoms with Gasteiger partial charge in [0, 0.05) is 40.7 Å². The summed E-state index contributed by atoms with van der Waals surface area (Å²) in [7, 11) is 1.64. The first-order chi connectivity index (χ1) is 18.5. The van der Waals surface area contributed by atoms with E-state index in [1.807, 2.05) is 68.4 Å². The van der Waals surface area contributed by atoms with E-state index in [-0.39, 0.29) is 17.6 Å². The Labute approximate surface area is 222 Å². The van der Waals surface area contributed by atoms with E-state index < -0.39 is 5.92 Å². The first kappa shape index (κ1) is 25.3. The molecule has 1 amide bonds. The average molecular weight is 510 g/mol. The Kier molecular flexibility index (Phi) is 7.26. The number of hydrogen-bond acceptors (Lipinski definition) is 6. The van der Waals surface area contributed by atoms with Crippen molar-refractivity contribution in [1.82, 2.24) is 10.3 Å². The van der Waals surface area contributed by atoms with E-state index in [0.29, 0.717) is 47.9 Å².